The molecule has 0 aromatic heterocycles. The second-order valence-corrected chi connectivity index (χ2v) is 14.7. The van der Waals surface area contributed by atoms with Crippen LogP contribution in [0.25, 0.3) is 0 Å². The third-order valence-electron chi connectivity index (χ3n) is 9.12. The highest BCUT2D eigenvalue weighted by atomic mass is 16.6. The quantitative estimate of drug-likeness (QED) is 0.0554. The fourth-order valence-electron chi connectivity index (χ4n) is 5.62. The maximum Gasteiger partial charge on any atom is 0.338 e. The minimum atomic E-state index is -0.851. The Labute approximate surface area is 379 Å². The average Bonchev–Trinajstić information content (AvgIpc) is 3.33. The van der Waals surface area contributed by atoms with Crippen molar-refractivity contribution in [3.05, 3.63) is 178 Å². The van der Waals surface area contributed by atoms with Crippen molar-refractivity contribution in [3.8, 4) is 0 Å². The molecule has 5 aromatic rings. The zero-order valence-electron chi connectivity index (χ0n) is 36.4. The van der Waals surface area contributed by atoms with Crippen LogP contribution in [0.4, 0.5) is 0 Å². The van der Waals surface area contributed by atoms with Crippen LogP contribution in [0.5, 0.6) is 0 Å². The zero-order valence-corrected chi connectivity index (χ0v) is 36.4. The van der Waals surface area contributed by atoms with Gasteiger partial charge in [0.2, 0.25) is 0 Å². The highest BCUT2D eigenvalue weighted by Crippen LogP contribution is 2.15. The van der Waals surface area contributed by atoms with Crippen molar-refractivity contribution in [2.45, 2.75) is 52.1 Å². The first-order valence-corrected chi connectivity index (χ1v) is 20.6. The van der Waals surface area contributed by atoms with E-state index in [4.69, 9.17) is 37.9 Å². The van der Waals surface area contributed by atoms with Crippen molar-refractivity contribution in [1.29, 1.82) is 0 Å². The molecule has 0 N–H and O–H groups in total. The normalized spacial score (nSPS) is 12.4. The van der Waals surface area contributed by atoms with Crippen molar-refractivity contribution >= 4 is 47.8 Å². The Morgan fingerprint density at radius 1 is 0.273 bits per heavy atom. The number of esters is 8. The van der Waals surface area contributed by atoms with Gasteiger partial charge in [0.15, 0.2) is 0 Å². The van der Waals surface area contributed by atoms with Crippen molar-refractivity contribution in [1.82, 2.24) is 0 Å². The summed E-state index contributed by atoms with van der Waals surface area (Å²) in [5.74, 6) is -5.41. The molecular weight excluding hydrogens is 857 g/mol. The minimum Gasteiger partial charge on any atom is -0.458 e. The molecule has 16 heteroatoms. The van der Waals surface area contributed by atoms with E-state index in [-0.39, 0.29) is 59.8 Å². The minimum absolute atomic E-state index is 0.108. The molecule has 66 heavy (non-hydrogen) atoms. The van der Waals surface area contributed by atoms with Gasteiger partial charge in [0.1, 0.15) is 50.8 Å². The van der Waals surface area contributed by atoms with E-state index >= 15 is 0 Å². The number of hydrogen-bond acceptors (Lipinski definition) is 16. The van der Waals surface area contributed by atoms with E-state index in [1.165, 1.54) is 86.6 Å². The monoisotopic (exact) mass is 902 g/mol. The Kier molecular flexibility index (Phi) is 17.8. The highest BCUT2D eigenvalue weighted by Gasteiger charge is 2.21. The van der Waals surface area contributed by atoms with Crippen LogP contribution in [-0.2, 0) is 37.9 Å². The Morgan fingerprint density at radius 3 is 0.652 bits per heavy atom. The van der Waals surface area contributed by atoms with Crippen molar-refractivity contribution in [2.75, 3.05) is 26.4 Å². The van der Waals surface area contributed by atoms with Crippen molar-refractivity contribution < 1.29 is 76.3 Å². The van der Waals surface area contributed by atoms with Crippen LogP contribution in [-0.4, -0.2) is 98.6 Å². The molecule has 0 saturated heterocycles. The van der Waals surface area contributed by atoms with E-state index in [1.54, 1.807) is 74.5 Å². The molecule has 0 heterocycles. The molecule has 5 aromatic carbocycles. The summed E-state index contributed by atoms with van der Waals surface area (Å²) in [6.45, 7) is 5.30. The van der Waals surface area contributed by atoms with Crippen LogP contribution in [0, 0.1) is 0 Å². The molecule has 0 spiro atoms. The predicted molar refractivity (Wildman–Crippen MR) is 233 cm³/mol. The molecule has 0 saturated carbocycles. The van der Waals surface area contributed by atoms with Crippen molar-refractivity contribution in [2.24, 2.45) is 0 Å². The van der Waals surface area contributed by atoms with Crippen LogP contribution in [0.3, 0.4) is 0 Å². The molecule has 0 aliphatic rings. The summed E-state index contributed by atoms with van der Waals surface area (Å²) in [6.07, 6.45) is -3.14. The van der Waals surface area contributed by atoms with Gasteiger partial charge in [-0.1, -0.05) is 36.4 Å². The van der Waals surface area contributed by atoms with Gasteiger partial charge in [-0.3, -0.25) is 0 Å². The number of carbonyl (C=O) groups excluding carboxylic acids is 8. The number of ether oxygens (including phenoxy) is 8. The number of hydrogen-bond donors (Lipinski definition) is 0. The Morgan fingerprint density at radius 2 is 0.439 bits per heavy atom. The fraction of sp³-hybridized carbons (Fsp3) is 0.240. The first-order valence-electron chi connectivity index (χ1n) is 20.6. The molecule has 0 aliphatic heterocycles. The van der Waals surface area contributed by atoms with Crippen LogP contribution >= 0.6 is 0 Å². The van der Waals surface area contributed by atoms with Gasteiger partial charge in [-0.2, -0.15) is 0 Å². The second-order valence-electron chi connectivity index (χ2n) is 14.7. The smallest absolute Gasteiger partial charge is 0.338 e. The molecular formula is C50H46O16. The lowest BCUT2D eigenvalue weighted by Gasteiger charge is -2.15. The van der Waals surface area contributed by atoms with E-state index in [2.05, 4.69) is 0 Å². The van der Waals surface area contributed by atoms with Crippen LogP contribution < -0.4 is 0 Å². The van der Waals surface area contributed by atoms with E-state index in [9.17, 15) is 38.4 Å². The number of rotatable bonds is 20. The topological polar surface area (TPSA) is 210 Å². The van der Waals surface area contributed by atoms with Gasteiger partial charge in [-0.25, -0.2) is 38.4 Å². The number of benzene rings is 5. The lowest BCUT2D eigenvalue weighted by molar-refractivity contribution is 0.00415. The average molecular weight is 903 g/mol. The molecule has 0 fully saturated rings. The summed E-state index contributed by atoms with van der Waals surface area (Å²) in [5, 5.41) is 0. The predicted octanol–water partition coefficient (Wildman–Crippen LogP) is 7.30. The first kappa shape index (κ1) is 48.9. The lowest BCUT2D eigenvalue weighted by Crippen LogP contribution is -2.23. The molecule has 4 atom stereocenters. The molecule has 5 rings (SSSR count). The Balaban J connectivity index is 0.968. The molecule has 0 bridgehead atoms. The highest BCUT2D eigenvalue weighted by molar-refractivity contribution is 5.95. The summed E-state index contributed by atoms with van der Waals surface area (Å²) < 4.78 is 42.3. The molecule has 0 amide bonds. The maximum atomic E-state index is 12.7. The molecule has 0 aliphatic carbocycles. The van der Waals surface area contributed by atoms with Gasteiger partial charge in [-0.05, 0) is 125 Å². The summed E-state index contributed by atoms with van der Waals surface area (Å²) >= 11 is 0. The SMILES string of the molecule is CC(COC(=O)c1ccc(C(=O)OC(C)COC(=O)c2ccc(C(=O)OC(C)COC(=O)c3ccc(C(=O)OC(C)COC(=O)c4ccccc4)cc3)cc2)cc1)OC(=O)c1ccccc1. The zero-order chi connectivity index (χ0) is 47.6. The molecule has 4 unspecified atom stereocenters. The van der Waals surface area contributed by atoms with Crippen LogP contribution in [0.1, 0.15) is 111 Å². The van der Waals surface area contributed by atoms with E-state index in [1.807, 2.05) is 0 Å². The van der Waals surface area contributed by atoms with Crippen LogP contribution in [0.2, 0.25) is 0 Å². The Bertz CT molecular complexity index is 2470. The third-order valence-corrected chi connectivity index (χ3v) is 9.12. The Hall–Kier alpha value is -8.14. The number of carbonyl (C=O) groups is 8. The summed E-state index contributed by atoms with van der Waals surface area (Å²) in [5.41, 5.74) is 1.52. The second kappa shape index (κ2) is 24.1. The van der Waals surface area contributed by atoms with Crippen LogP contribution in [0.15, 0.2) is 133 Å². The lowest BCUT2D eigenvalue weighted by atomic mass is 10.1. The molecule has 0 radical (unpaired) electrons. The fourth-order valence-corrected chi connectivity index (χ4v) is 5.62. The summed E-state index contributed by atoms with van der Waals surface area (Å²) in [6, 6.07) is 33.2. The first-order chi connectivity index (χ1) is 31.7. The van der Waals surface area contributed by atoms with Gasteiger partial charge < -0.3 is 37.9 Å². The molecule has 342 valence electrons. The molecule has 16 nitrogen and oxygen atoms in total. The van der Waals surface area contributed by atoms with Gasteiger partial charge >= 0.3 is 47.8 Å². The van der Waals surface area contributed by atoms with Gasteiger partial charge in [0.05, 0.1) is 44.5 Å². The van der Waals surface area contributed by atoms with Gasteiger partial charge in [-0.15, -0.1) is 0 Å². The largest absolute Gasteiger partial charge is 0.458 e. The van der Waals surface area contributed by atoms with E-state index < -0.39 is 72.2 Å². The van der Waals surface area contributed by atoms with Gasteiger partial charge in [0.25, 0.3) is 0 Å². The summed E-state index contributed by atoms with van der Waals surface area (Å²) in [4.78, 5) is 100. The third kappa shape index (κ3) is 15.0. The van der Waals surface area contributed by atoms with Gasteiger partial charge in [0, 0.05) is 0 Å². The summed E-state index contributed by atoms with van der Waals surface area (Å²) in [7, 11) is 0. The maximum absolute atomic E-state index is 12.7. The van der Waals surface area contributed by atoms with E-state index in [0.29, 0.717) is 11.1 Å². The standard InChI is InChI=1S/C50H46O16/c1-31(63-47(55)36-13-9-6-10-14-36)28-60-44(52)37-15-23-41(24-16-37)49(57)65-33(3)30-62-46(54)39-19-25-42(26-20-39)50(58)66-34(4)29-61-45(53)38-17-21-40(22-18-38)48(56)64-32(2)27-59-43(51)35-11-7-5-8-12-35/h5-26,31-34H,27-30H2,1-4H3. The van der Waals surface area contributed by atoms with E-state index in [0.717, 1.165) is 0 Å². The van der Waals surface area contributed by atoms with Crippen molar-refractivity contribution in [3.63, 3.8) is 0 Å².